The number of benzene rings is 1. The molecule has 2 aromatic rings. The molecule has 2 amide bonds. The van der Waals surface area contributed by atoms with Gasteiger partial charge in [0.2, 0.25) is 11.8 Å². The van der Waals surface area contributed by atoms with Crippen molar-refractivity contribution in [2.75, 3.05) is 27.3 Å². The first-order valence-corrected chi connectivity index (χ1v) is 14.1. The molecule has 38 heavy (non-hydrogen) atoms. The lowest BCUT2D eigenvalue weighted by Crippen LogP contribution is -2.54. The van der Waals surface area contributed by atoms with Gasteiger partial charge in [0.1, 0.15) is 0 Å². The lowest BCUT2D eigenvalue weighted by atomic mass is 9.73. The summed E-state index contributed by atoms with van der Waals surface area (Å²) >= 11 is 1.62. The minimum atomic E-state index is -0.538. The van der Waals surface area contributed by atoms with Crippen molar-refractivity contribution in [3.05, 3.63) is 46.2 Å². The summed E-state index contributed by atoms with van der Waals surface area (Å²) in [6.07, 6.45) is 5.98. The molecule has 0 radical (unpaired) electrons. The van der Waals surface area contributed by atoms with Crippen LogP contribution >= 0.6 is 23.7 Å². The molecule has 2 fully saturated rings. The van der Waals surface area contributed by atoms with Gasteiger partial charge in [-0.15, -0.1) is 23.7 Å². The van der Waals surface area contributed by atoms with E-state index in [0.717, 1.165) is 41.8 Å². The monoisotopic (exact) mass is 560 g/mol. The van der Waals surface area contributed by atoms with Crippen LogP contribution < -0.4 is 15.2 Å². The molecule has 2 aliphatic heterocycles. The number of carbonyl (C=O) groups is 2. The third-order valence-electron chi connectivity index (χ3n) is 8.00. The molecular formula is C28H37ClN4O4S. The van der Waals surface area contributed by atoms with E-state index in [4.69, 9.17) is 20.3 Å². The third kappa shape index (κ3) is 5.70. The highest BCUT2D eigenvalue weighted by molar-refractivity contribution is 7.09. The summed E-state index contributed by atoms with van der Waals surface area (Å²) in [5, 5.41) is 8.75. The van der Waals surface area contributed by atoms with E-state index >= 15 is 0 Å². The van der Waals surface area contributed by atoms with E-state index in [-0.39, 0.29) is 42.1 Å². The van der Waals surface area contributed by atoms with Gasteiger partial charge in [-0.25, -0.2) is 5.01 Å². The van der Waals surface area contributed by atoms with Crippen molar-refractivity contribution in [3.63, 3.8) is 0 Å². The second kappa shape index (κ2) is 12.5. The minimum Gasteiger partial charge on any atom is -0.493 e. The van der Waals surface area contributed by atoms with Crippen molar-refractivity contribution < 1.29 is 19.1 Å². The first-order valence-electron chi connectivity index (χ1n) is 13.2. The van der Waals surface area contributed by atoms with Crippen molar-refractivity contribution in [3.8, 4) is 11.5 Å². The zero-order valence-corrected chi connectivity index (χ0v) is 23.6. The lowest BCUT2D eigenvalue weighted by Gasteiger charge is -2.43. The Morgan fingerprint density at radius 1 is 1.08 bits per heavy atom. The molecule has 0 bridgehead atoms. The molecule has 1 aromatic heterocycles. The van der Waals surface area contributed by atoms with Gasteiger partial charge in [0.15, 0.2) is 11.5 Å². The zero-order chi connectivity index (χ0) is 25.9. The summed E-state index contributed by atoms with van der Waals surface area (Å²) in [6.45, 7) is 1.17. The van der Waals surface area contributed by atoms with Crippen LogP contribution in [-0.2, 0) is 16.0 Å². The molecule has 0 spiro atoms. The number of nitrogens with two attached hydrogens (primary N) is 1. The number of carbonyl (C=O) groups excluding carboxylic acids is 2. The van der Waals surface area contributed by atoms with E-state index < -0.39 is 6.04 Å². The van der Waals surface area contributed by atoms with Gasteiger partial charge in [-0.05, 0) is 55.3 Å². The summed E-state index contributed by atoms with van der Waals surface area (Å²) in [4.78, 5) is 29.6. The van der Waals surface area contributed by atoms with Crippen molar-refractivity contribution >= 4 is 41.3 Å². The van der Waals surface area contributed by atoms with Crippen LogP contribution in [0.1, 0.15) is 49.0 Å². The second-order valence-corrected chi connectivity index (χ2v) is 11.2. The highest BCUT2D eigenvalue weighted by Gasteiger charge is 2.44. The average molecular weight is 561 g/mol. The van der Waals surface area contributed by atoms with Gasteiger partial charge < -0.3 is 20.1 Å². The number of ether oxygens (including phenoxy) is 2. The SMILES string of the molecule is COc1ccc(C2=NN(C3CCN(C(=O)[C@@H](N)Cc4cccs4)CC3)C(=O)[C@@H]3CCCC[C@H]23)cc1OC.Cl. The molecule has 10 heteroatoms. The first-order chi connectivity index (χ1) is 18.0. The number of piperidine rings is 1. The Morgan fingerprint density at radius 2 is 1.79 bits per heavy atom. The minimum absolute atomic E-state index is 0. The van der Waals surface area contributed by atoms with E-state index in [1.54, 1.807) is 30.6 Å². The fraction of sp³-hybridized carbons (Fsp3) is 0.536. The van der Waals surface area contributed by atoms with E-state index in [1.807, 2.05) is 40.6 Å². The van der Waals surface area contributed by atoms with Crippen molar-refractivity contribution in [2.45, 2.75) is 57.0 Å². The van der Waals surface area contributed by atoms with Crippen LogP contribution in [0.25, 0.3) is 0 Å². The normalized spacial score (nSPS) is 22.7. The molecule has 8 nitrogen and oxygen atoms in total. The largest absolute Gasteiger partial charge is 0.493 e. The number of hydrogen-bond acceptors (Lipinski definition) is 7. The molecule has 206 valence electrons. The number of likely N-dealkylation sites (tertiary alicyclic amines) is 1. The molecule has 1 aromatic carbocycles. The Hall–Kier alpha value is -2.62. The number of nitrogens with zero attached hydrogens (tertiary/aromatic N) is 3. The van der Waals surface area contributed by atoms with Crippen LogP contribution in [0.15, 0.2) is 40.8 Å². The predicted octanol–water partition coefficient (Wildman–Crippen LogP) is 4.10. The molecule has 0 unspecified atom stereocenters. The Bertz CT molecular complexity index is 1150. The van der Waals surface area contributed by atoms with Crippen molar-refractivity contribution in [1.29, 1.82) is 0 Å². The Balaban J connectivity index is 0.00000336. The molecule has 2 N–H and O–H groups in total. The van der Waals surface area contributed by atoms with Gasteiger partial charge in [-0.2, -0.15) is 5.10 Å². The number of rotatable bonds is 7. The first kappa shape index (κ1) is 28.4. The number of methoxy groups -OCH3 is 2. The van der Waals surface area contributed by atoms with Gasteiger partial charge in [0.25, 0.3) is 0 Å². The lowest BCUT2D eigenvalue weighted by molar-refractivity contribution is -0.143. The predicted molar refractivity (Wildman–Crippen MR) is 151 cm³/mol. The molecule has 3 atom stereocenters. The van der Waals surface area contributed by atoms with Gasteiger partial charge in [0, 0.05) is 41.8 Å². The number of fused-ring (bicyclic) bond motifs is 1. The molecule has 1 saturated heterocycles. The maximum atomic E-state index is 13.6. The number of thiophene rings is 1. The van der Waals surface area contributed by atoms with Gasteiger partial charge in [-0.1, -0.05) is 18.9 Å². The molecular weight excluding hydrogens is 524 g/mol. The van der Waals surface area contributed by atoms with E-state index in [9.17, 15) is 9.59 Å². The zero-order valence-electron chi connectivity index (χ0n) is 22.0. The van der Waals surface area contributed by atoms with Crippen LogP contribution in [-0.4, -0.2) is 66.8 Å². The summed E-state index contributed by atoms with van der Waals surface area (Å²) in [7, 11) is 3.25. The van der Waals surface area contributed by atoms with Crippen molar-refractivity contribution in [2.24, 2.45) is 22.7 Å². The molecule has 5 rings (SSSR count). The van der Waals surface area contributed by atoms with E-state index in [0.29, 0.717) is 43.9 Å². The van der Waals surface area contributed by atoms with Gasteiger partial charge >= 0.3 is 0 Å². The smallest absolute Gasteiger partial charge is 0.246 e. The van der Waals surface area contributed by atoms with Crippen LogP contribution in [0.5, 0.6) is 11.5 Å². The number of hydrogen-bond donors (Lipinski definition) is 1. The quantitative estimate of drug-likeness (QED) is 0.550. The number of amides is 2. The summed E-state index contributed by atoms with van der Waals surface area (Å²) in [6, 6.07) is 9.31. The van der Waals surface area contributed by atoms with Gasteiger partial charge in [-0.3, -0.25) is 9.59 Å². The second-order valence-electron chi connectivity index (χ2n) is 10.2. The Kier molecular flexibility index (Phi) is 9.33. The van der Waals surface area contributed by atoms with E-state index in [1.165, 1.54) is 0 Å². The Labute approximate surface area is 234 Å². The fourth-order valence-corrected chi connectivity index (χ4v) is 6.76. The molecule has 1 aliphatic carbocycles. The molecule has 3 aliphatic rings. The summed E-state index contributed by atoms with van der Waals surface area (Å²) in [5.74, 6) is 1.52. The van der Waals surface area contributed by atoms with Crippen LogP contribution in [0, 0.1) is 11.8 Å². The summed E-state index contributed by atoms with van der Waals surface area (Å²) < 4.78 is 11.0. The van der Waals surface area contributed by atoms with Crippen LogP contribution in [0.2, 0.25) is 0 Å². The maximum absolute atomic E-state index is 13.6. The molecule has 1 saturated carbocycles. The van der Waals surface area contributed by atoms with Crippen LogP contribution in [0.4, 0.5) is 0 Å². The van der Waals surface area contributed by atoms with Gasteiger partial charge in [0.05, 0.1) is 32.0 Å². The highest BCUT2D eigenvalue weighted by Crippen LogP contribution is 2.40. The van der Waals surface area contributed by atoms with Crippen molar-refractivity contribution in [1.82, 2.24) is 9.91 Å². The third-order valence-corrected chi connectivity index (χ3v) is 8.89. The molecule has 3 heterocycles. The highest BCUT2D eigenvalue weighted by atomic mass is 35.5. The Morgan fingerprint density at radius 3 is 2.45 bits per heavy atom. The topological polar surface area (TPSA) is 97.5 Å². The maximum Gasteiger partial charge on any atom is 0.246 e. The number of halogens is 1. The average Bonchev–Trinajstić information content (AvgIpc) is 3.46. The van der Waals surface area contributed by atoms with E-state index in [2.05, 4.69) is 0 Å². The standard InChI is InChI=1S/C28H36N4O4S.ClH/c1-35-24-10-9-18(16-25(24)36-2)26-21-7-3-4-8-22(21)27(33)32(30-26)19-11-13-31(14-12-19)28(34)23(29)17-20-6-5-15-37-20;/h5-6,9-10,15-16,19,21-23H,3-4,7-8,11-14,17,29H2,1-2H3;1H/t21-,22+,23-;/m0./s1. The summed E-state index contributed by atoms with van der Waals surface area (Å²) in [5.41, 5.74) is 8.18. The van der Waals surface area contributed by atoms with Crippen LogP contribution in [0.3, 0.4) is 0 Å². The number of hydrazone groups is 1. The fourth-order valence-electron chi connectivity index (χ4n) is 5.99.